The van der Waals surface area contributed by atoms with E-state index in [4.69, 9.17) is 0 Å². The maximum atomic E-state index is 12.3. The number of hydrogen-bond acceptors (Lipinski definition) is 1. The number of hydrogen-bond donors (Lipinski definition) is 0. The smallest absolute Gasteiger partial charge is 0.167 e. The lowest BCUT2D eigenvalue weighted by atomic mass is 9.97. The van der Waals surface area contributed by atoms with Gasteiger partial charge in [-0.2, -0.15) is 0 Å². The summed E-state index contributed by atoms with van der Waals surface area (Å²) in [6, 6.07) is 15.7. The lowest BCUT2D eigenvalue weighted by Gasteiger charge is -2.07. The van der Waals surface area contributed by atoms with E-state index in [1.165, 1.54) is 0 Å². The minimum Gasteiger partial charge on any atom is -0.294 e. The van der Waals surface area contributed by atoms with E-state index in [1.807, 2.05) is 48.5 Å². The molecule has 0 saturated carbocycles. The lowest BCUT2D eigenvalue weighted by molar-refractivity contribution is 0.0992. The van der Waals surface area contributed by atoms with E-state index in [0.717, 1.165) is 27.6 Å². The maximum absolute atomic E-state index is 12.3. The first-order valence-electron chi connectivity index (χ1n) is 6.07. The van der Waals surface area contributed by atoms with Crippen LogP contribution in [-0.2, 0) is 12.8 Å². The summed E-state index contributed by atoms with van der Waals surface area (Å²) in [4.78, 5) is 12.3. The topological polar surface area (TPSA) is 17.1 Å². The molecule has 0 aliphatic heterocycles. The zero-order chi connectivity index (χ0) is 13.0. The van der Waals surface area contributed by atoms with Crippen LogP contribution in [0.15, 0.2) is 53.0 Å². The minimum absolute atomic E-state index is 0.180. The largest absolute Gasteiger partial charge is 0.294 e. The highest BCUT2D eigenvalue weighted by Gasteiger charge is 2.11. The molecule has 0 radical (unpaired) electrons. The van der Waals surface area contributed by atoms with Crippen molar-refractivity contribution in [3.63, 3.8) is 0 Å². The molecule has 0 heterocycles. The molecule has 0 unspecified atom stereocenters. The molecule has 0 bridgehead atoms. The van der Waals surface area contributed by atoms with E-state index in [2.05, 4.69) is 22.9 Å². The predicted molar refractivity (Wildman–Crippen MR) is 78.0 cm³/mol. The van der Waals surface area contributed by atoms with Gasteiger partial charge in [-0.1, -0.05) is 65.3 Å². The summed E-state index contributed by atoms with van der Waals surface area (Å²) in [5.74, 6) is 0.180. The SMILES string of the molecule is CCc1ccccc1C(=O)Cc1ccccc1Br. The van der Waals surface area contributed by atoms with Crippen LogP contribution in [0.2, 0.25) is 0 Å². The predicted octanol–water partition coefficient (Wildman–Crippen LogP) is 4.44. The summed E-state index contributed by atoms with van der Waals surface area (Å²) in [6.07, 6.45) is 1.33. The second-order valence-electron chi connectivity index (χ2n) is 4.20. The lowest BCUT2D eigenvalue weighted by Crippen LogP contribution is -2.07. The van der Waals surface area contributed by atoms with Crippen molar-refractivity contribution in [2.75, 3.05) is 0 Å². The van der Waals surface area contributed by atoms with Gasteiger partial charge in [0.05, 0.1) is 0 Å². The third-order valence-corrected chi connectivity index (χ3v) is 3.78. The molecule has 92 valence electrons. The van der Waals surface area contributed by atoms with Gasteiger partial charge in [-0.25, -0.2) is 0 Å². The van der Waals surface area contributed by atoms with E-state index in [1.54, 1.807) is 0 Å². The summed E-state index contributed by atoms with van der Waals surface area (Å²) in [5.41, 5.74) is 3.00. The van der Waals surface area contributed by atoms with Gasteiger partial charge in [0, 0.05) is 16.5 Å². The van der Waals surface area contributed by atoms with Crippen molar-refractivity contribution in [3.05, 3.63) is 69.7 Å². The number of ketones is 1. The molecule has 0 saturated heterocycles. The first-order chi connectivity index (χ1) is 8.72. The van der Waals surface area contributed by atoms with Crippen LogP contribution < -0.4 is 0 Å². The zero-order valence-corrected chi connectivity index (χ0v) is 11.9. The summed E-state index contributed by atoms with van der Waals surface area (Å²) in [6.45, 7) is 2.07. The fourth-order valence-electron chi connectivity index (χ4n) is 2.01. The van der Waals surface area contributed by atoms with Gasteiger partial charge in [-0.05, 0) is 23.6 Å². The van der Waals surface area contributed by atoms with Gasteiger partial charge in [0.25, 0.3) is 0 Å². The molecule has 18 heavy (non-hydrogen) atoms. The maximum Gasteiger partial charge on any atom is 0.167 e. The summed E-state index contributed by atoms with van der Waals surface area (Å²) >= 11 is 3.48. The molecule has 2 rings (SSSR count). The van der Waals surface area contributed by atoms with E-state index in [-0.39, 0.29) is 5.78 Å². The van der Waals surface area contributed by atoms with Crippen molar-refractivity contribution < 1.29 is 4.79 Å². The Morgan fingerprint density at radius 1 is 1.00 bits per heavy atom. The molecule has 0 fully saturated rings. The molecule has 2 aromatic carbocycles. The van der Waals surface area contributed by atoms with Gasteiger partial charge < -0.3 is 0 Å². The van der Waals surface area contributed by atoms with Gasteiger partial charge >= 0.3 is 0 Å². The van der Waals surface area contributed by atoms with Gasteiger partial charge in [-0.3, -0.25) is 4.79 Å². The van der Waals surface area contributed by atoms with Crippen LogP contribution in [0, 0.1) is 0 Å². The van der Waals surface area contributed by atoms with Crippen LogP contribution >= 0.6 is 15.9 Å². The average molecular weight is 303 g/mol. The van der Waals surface area contributed by atoms with Crippen LogP contribution in [-0.4, -0.2) is 5.78 Å². The second kappa shape index (κ2) is 5.96. The van der Waals surface area contributed by atoms with Crippen molar-refractivity contribution in [2.45, 2.75) is 19.8 Å². The van der Waals surface area contributed by atoms with Crippen LogP contribution in [0.25, 0.3) is 0 Å². The number of Topliss-reactive ketones (excluding diaryl/α,β-unsaturated/α-hetero) is 1. The van der Waals surface area contributed by atoms with Crippen molar-refractivity contribution in [1.82, 2.24) is 0 Å². The third-order valence-electron chi connectivity index (χ3n) is 3.01. The number of benzene rings is 2. The van der Waals surface area contributed by atoms with Gasteiger partial charge in [0.15, 0.2) is 5.78 Å². The molecule has 0 aliphatic carbocycles. The van der Waals surface area contributed by atoms with Crippen molar-refractivity contribution >= 4 is 21.7 Å². The van der Waals surface area contributed by atoms with Crippen molar-refractivity contribution in [1.29, 1.82) is 0 Å². The van der Waals surface area contributed by atoms with Crippen molar-refractivity contribution in [2.24, 2.45) is 0 Å². The van der Waals surface area contributed by atoms with Crippen LogP contribution in [0.3, 0.4) is 0 Å². The van der Waals surface area contributed by atoms with E-state index >= 15 is 0 Å². The van der Waals surface area contributed by atoms with Gasteiger partial charge in [-0.15, -0.1) is 0 Å². The molecule has 1 nitrogen and oxygen atoms in total. The van der Waals surface area contributed by atoms with Crippen LogP contribution in [0.4, 0.5) is 0 Å². The molecular weight excluding hydrogens is 288 g/mol. The standard InChI is InChI=1S/C16H15BrO/c1-2-12-7-3-5-9-14(12)16(18)11-13-8-4-6-10-15(13)17/h3-10H,2,11H2,1H3. The minimum atomic E-state index is 0.180. The van der Waals surface area contributed by atoms with Gasteiger partial charge in [0.1, 0.15) is 0 Å². The number of rotatable bonds is 4. The number of carbonyl (C=O) groups is 1. The number of halogens is 1. The van der Waals surface area contributed by atoms with Crippen molar-refractivity contribution in [3.8, 4) is 0 Å². The first kappa shape index (κ1) is 13.0. The highest BCUT2D eigenvalue weighted by atomic mass is 79.9. The Morgan fingerprint density at radius 3 is 2.28 bits per heavy atom. The summed E-state index contributed by atoms with van der Waals surface area (Å²) in [7, 11) is 0. The third kappa shape index (κ3) is 2.88. The molecule has 0 aliphatic rings. The molecule has 0 N–H and O–H groups in total. The molecule has 2 heteroatoms. The Bertz CT molecular complexity index is 561. The van der Waals surface area contributed by atoms with E-state index < -0.39 is 0 Å². The monoisotopic (exact) mass is 302 g/mol. The quantitative estimate of drug-likeness (QED) is 0.763. The summed E-state index contributed by atoms with van der Waals surface area (Å²) in [5, 5.41) is 0. The Kier molecular flexibility index (Phi) is 4.32. The van der Waals surface area contributed by atoms with Crippen LogP contribution in [0.1, 0.15) is 28.4 Å². The van der Waals surface area contributed by atoms with Gasteiger partial charge in [0.2, 0.25) is 0 Å². The van der Waals surface area contributed by atoms with E-state index in [9.17, 15) is 4.79 Å². The fourth-order valence-corrected chi connectivity index (χ4v) is 2.44. The zero-order valence-electron chi connectivity index (χ0n) is 10.3. The number of aryl methyl sites for hydroxylation is 1. The van der Waals surface area contributed by atoms with E-state index in [0.29, 0.717) is 6.42 Å². The second-order valence-corrected chi connectivity index (χ2v) is 5.06. The van der Waals surface area contributed by atoms with Crippen LogP contribution in [0.5, 0.6) is 0 Å². The molecular formula is C16H15BrO. The molecule has 2 aromatic rings. The average Bonchev–Trinajstić information content (AvgIpc) is 2.41. The Hall–Kier alpha value is -1.41. The fraction of sp³-hybridized carbons (Fsp3) is 0.188. The highest BCUT2D eigenvalue weighted by Crippen LogP contribution is 2.19. The molecule has 0 aromatic heterocycles. The Labute approximate surface area is 116 Å². The Balaban J connectivity index is 2.25. The molecule has 0 spiro atoms. The number of carbonyl (C=O) groups excluding carboxylic acids is 1. The first-order valence-corrected chi connectivity index (χ1v) is 6.86. The normalized spacial score (nSPS) is 10.3. The highest BCUT2D eigenvalue weighted by molar-refractivity contribution is 9.10. The molecule has 0 amide bonds. The Morgan fingerprint density at radius 2 is 1.61 bits per heavy atom. The molecule has 0 atom stereocenters. The summed E-state index contributed by atoms with van der Waals surface area (Å²) < 4.78 is 0.993.